The van der Waals surface area contributed by atoms with Gasteiger partial charge >= 0.3 is 5.97 Å². The highest BCUT2D eigenvalue weighted by atomic mass is 35.5. The van der Waals surface area contributed by atoms with Crippen molar-refractivity contribution >= 4 is 29.3 Å². The zero-order valence-electron chi connectivity index (χ0n) is 20.6. The zero-order chi connectivity index (χ0) is 25.9. The highest BCUT2D eigenvalue weighted by Gasteiger charge is 2.39. The van der Waals surface area contributed by atoms with E-state index in [2.05, 4.69) is 4.98 Å². The normalized spacial score (nSPS) is 17.7. The first-order chi connectivity index (χ1) is 17.9. The van der Waals surface area contributed by atoms with Gasteiger partial charge < -0.3 is 14.3 Å². The van der Waals surface area contributed by atoms with Crippen LogP contribution in [-0.2, 0) is 17.9 Å². The highest BCUT2D eigenvalue weighted by molar-refractivity contribution is 7.99. The smallest absolute Gasteiger partial charge is 0.321 e. The maximum atomic E-state index is 12.0. The average Bonchev–Trinajstić information content (AvgIpc) is 3.47. The summed E-state index contributed by atoms with van der Waals surface area (Å²) in [5.41, 5.74) is 4.86. The Morgan fingerprint density at radius 2 is 1.89 bits per heavy atom. The molecule has 1 aliphatic heterocycles. The van der Waals surface area contributed by atoms with Gasteiger partial charge in [-0.2, -0.15) is 0 Å². The molecular weight excluding hydrogens is 508 g/mol. The Morgan fingerprint density at radius 3 is 2.62 bits per heavy atom. The number of hydrogen-bond donors (Lipinski definition) is 1. The van der Waals surface area contributed by atoms with Gasteiger partial charge in [0, 0.05) is 22.9 Å². The van der Waals surface area contributed by atoms with Crippen LogP contribution in [0.3, 0.4) is 0 Å². The lowest BCUT2D eigenvalue weighted by atomic mass is 10.1. The number of nitrogens with zero attached hydrogens (tertiary/aromatic N) is 2. The van der Waals surface area contributed by atoms with Crippen molar-refractivity contribution in [1.29, 1.82) is 0 Å². The summed E-state index contributed by atoms with van der Waals surface area (Å²) in [4.78, 5) is 18.6. The van der Waals surface area contributed by atoms with Crippen LogP contribution in [0, 0.1) is 13.8 Å². The topological polar surface area (TPSA) is 75.8 Å². The molecule has 1 fully saturated rings. The van der Waals surface area contributed by atoms with E-state index < -0.39 is 12.0 Å². The number of oxazole rings is 1. The summed E-state index contributed by atoms with van der Waals surface area (Å²) in [7, 11) is 0. The van der Waals surface area contributed by atoms with E-state index in [9.17, 15) is 9.90 Å². The number of aryl methyl sites for hydroxylation is 2. The van der Waals surface area contributed by atoms with E-state index >= 15 is 0 Å². The van der Waals surface area contributed by atoms with Crippen molar-refractivity contribution in [3.8, 4) is 17.2 Å². The Bertz CT molecular complexity index is 1390. The number of ether oxygens (including phenoxy) is 1. The minimum atomic E-state index is -0.817. The van der Waals surface area contributed by atoms with Gasteiger partial charge in [0.1, 0.15) is 29.9 Å². The molecule has 37 heavy (non-hydrogen) atoms. The number of thioether (sulfide) groups is 1. The van der Waals surface area contributed by atoms with Crippen LogP contribution in [0.1, 0.15) is 33.5 Å². The number of carboxylic acids is 1. The minimum absolute atomic E-state index is 0.0686. The third kappa shape index (κ3) is 5.85. The van der Waals surface area contributed by atoms with Crippen LogP contribution in [-0.4, -0.2) is 32.8 Å². The molecule has 4 aromatic rings. The summed E-state index contributed by atoms with van der Waals surface area (Å²) >= 11 is 7.70. The van der Waals surface area contributed by atoms with E-state index in [1.807, 2.05) is 91.5 Å². The van der Waals surface area contributed by atoms with E-state index in [1.54, 1.807) is 11.8 Å². The van der Waals surface area contributed by atoms with Crippen molar-refractivity contribution in [1.82, 2.24) is 9.88 Å². The maximum absolute atomic E-state index is 12.0. The van der Waals surface area contributed by atoms with Crippen molar-refractivity contribution in [3.05, 3.63) is 106 Å². The van der Waals surface area contributed by atoms with Gasteiger partial charge in [-0.1, -0.05) is 53.6 Å². The van der Waals surface area contributed by atoms with Crippen LogP contribution in [0.25, 0.3) is 11.5 Å². The van der Waals surface area contributed by atoms with Gasteiger partial charge in [0.2, 0.25) is 5.89 Å². The fourth-order valence-corrected chi connectivity index (χ4v) is 5.92. The van der Waals surface area contributed by atoms with Gasteiger partial charge in [0.05, 0.1) is 5.37 Å². The Morgan fingerprint density at radius 1 is 1.14 bits per heavy atom. The van der Waals surface area contributed by atoms with E-state index in [1.165, 1.54) is 5.56 Å². The Hall–Kier alpha value is -3.26. The molecule has 1 aliphatic rings. The van der Waals surface area contributed by atoms with Gasteiger partial charge in [0.15, 0.2) is 0 Å². The van der Waals surface area contributed by atoms with E-state index in [0.717, 1.165) is 28.1 Å². The van der Waals surface area contributed by atoms with E-state index in [4.69, 9.17) is 20.8 Å². The molecule has 0 radical (unpaired) electrons. The van der Waals surface area contributed by atoms with Crippen molar-refractivity contribution in [3.63, 3.8) is 0 Å². The number of carbonyl (C=O) groups is 1. The SMILES string of the molecule is Cc1ccc(-c2nc(COc3cccc(CN4C(C(=O)O)CSC4c4ccc(Cl)cc4)c3)c(C)o2)cc1. The second kappa shape index (κ2) is 11.0. The first kappa shape index (κ1) is 25.4. The van der Waals surface area contributed by atoms with Gasteiger partial charge in [-0.15, -0.1) is 11.8 Å². The molecule has 0 spiro atoms. The lowest BCUT2D eigenvalue weighted by Gasteiger charge is -2.27. The number of benzene rings is 3. The fourth-order valence-electron chi connectivity index (χ4n) is 4.34. The zero-order valence-corrected chi connectivity index (χ0v) is 22.1. The molecule has 3 aromatic carbocycles. The van der Waals surface area contributed by atoms with Crippen molar-refractivity contribution in [2.75, 3.05) is 5.75 Å². The molecule has 1 saturated heterocycles. The Balaban J connectivity index is 1.30. The monoisotopic (exact) mass is 534 g/mol. The van der Waals surface area contributed by atoms with Gasteiger partial charge in [-0.25, -0.2) is 4.98 Å². The molecule has 2 heterocycles. The quantitative estimate of drug-likeness (QED) is 0.264. The third-order valence-corrected chi connectivity index (χ3v) is 8.00. The number of aromatic nitrogens is 1. The molecule has 0 saturated carbocycles. The fraction of sp³-hybridized carbons (Fsp3) is 0.241. The second-order valence-corrected chi connectivity index (χ2v) is 10.6. The largest absolute Gasteiger partial charge is 0.487 e. The standard InChI is InChI=1S/C29H27ClN2O4S/c1-18-6-8-21(9-7-18)27-31-25(19(2)36-27)16-35-24-5-3-4-20(14-24)15-32-26(29(33)34)17-37-28(32)22-10-12-23(30)13-11-22/h3-14,26,28H,15-17H2,1-2H3,(H,33,34). The van der Waals surface area contributed by atoms with Gasteiger partial charge in [-0.05, 0) is 61.4 Å². The van der Waals surface area contributed by atoms with Crippen molar-refractivity contribution in [2.24, 2.45) is 0 Å². The number of aliphatic carboxylic acids is 1. The number of halogens is 1. The van der Waals surface area contributed by atoms with Crippen molar-refractivity contribution < 1.29 is 19.1 Å². The Labute approximate surface area is 225 Å². The summed E-state index contributed by atoms with van der Waals surface area (Å²) in [6, 6.07) is 22.8. The molecule has 0 aliphatic carbocycles. The summed E-state index contributed by atoms with van der Waals surface area (Å²) in [5, 5.41) is 10.4. The van der Waals surface area contributed by atoms with Crippen LogP contribution in [0.15, 0.2) is 77.2 Å². The molecule has 190 valence electrons. The van der Waals surface area contributed by atoms with Crippen LogP contribution >= 0.6 is 23.4 Å². The molecule has 1 aromatic heterocycles. The summed E-state index contributed by atoms with van der Waals surface area (Å²) in [5.74, 6) is 1.69. The first-order valence-corrected chi connectivity index (χ1v) is 13.4. The average molecular weight is 535 g/mol. The molecule has 2 atom stereocenters. The minimum Gasteiger partial charge on any atom is -0.487 e. The highest BCUT2D eigenvalue weighted by Crippen LogP contribution is 2.42. The predicted octanol–water partition coefficient (Wildman–Crippen LogP) is 6.89. The number of carboxylic acid groups (broad SMARTS) is 1. The van der Waals surface area contributed by atoms with Crippen LogP contribution in [0.2, 0.25) is 5.02 Å². The summed E-state index contributed by atoms with van der Waals surface area (Å²) in [6.45, 7) is 4.68. The van der Waals surface area contributed by atoms with E-state index in [0.29, 0.717) is 29.0 Å². The molecule has 2 unspecified atom stereocenters. The van der Waals surface area contributed by atoms with Gasteiger partial charge in [0.25, 0.3) is 0 Å². The molecule has 5 rings (SSSR count). The molecule has 6 nitrogen and oxygen atoms in total. The molecular formula is C29H27ClN2O4S. The summed E-state index contributed by atoms with van der Waals surface area (Å²) < 4.78 is 11.9. The number of rotatable bonds is 8. The van der Waals surface area contributed by atoms with Crippen LogP contribution in [0.4, 0.5) is 0 Å². The lowest BCUT2D eigenvalue weighted by molar-refractivity contribution is -0.142. The third-order valence-electron chi connectivity index (χ3n) is 6.38. The molecule has 1 N–H and O–H groups in total. The molecule has 0 bridgehead atoms. The summed E-state index contributed by atoms with van der Waals surface area (Å²) in [6.07, 6.45) is 0. The maximum Gasteiger partial charge on any atom is 0.321 e. The predicted molar refractivity (Wildman–Crippen MR) is 146 cm³/mol. The lowest BCUT2D eigenvalue weighted by Crippen LogP contribution is -2.38. The second-order valence-electron chi connectivity index (χ2n) is 9.09. The molecule has 8 heteroatoms. The van der Waals surface area contributed by atoms with Crippen LogP contribution in [0.5, 0.6) is 5.75 Å². The van der Waals surface area contributed by atoms with Crippen molar-refractivity contribution in [2.45, 2.75) is 38.4 Å². The van der Waals surface area contributed by atoms with Crippen LogP contribution < -0.4 is 4.74 Å². The Kier molecular flexibility index (Phi) is 7.55. The number of hydrogen-bond acceptors (Lipinski definition) is 6. The first-order valence-electron chi connectivity index (χ1n) is 12.0. The van der Waals surface area contributed by atoms with Gasteiger partial charge in [-0.3, -0.25) is 9.69 Å². The van der Waals surface area contributed by atoms with E-state index in [-0.39, 0.29) is 12.0 Å². The molecule has 0 amide bonds.